The molecule has 0 fully saturated rings. The molecule has 0 saturated heterocycles. The maximum atomic E-state index is 6.40. The number of hydrogen-bond acceptors (Lipinski definition) is 4. The van der Waals surface area contributed by atoms with Crippen molar-refractivity contribution in [3.8, 4) is 11.5 Å². The minimum Gasteiger partial charge on any atom is -0.497 e. The molecule has 5 heterocycles. The third-order valence-corrected chi connectivity index (χ3v) is 9.42. The van der Waals surface area contributed by atoms with E-state index in [4.69, 9.17) is 9.72 Å². The van der Waals surface area contributed by atoms with Crippen LogP contribution in [0.1, 0.15) is 0 Å². The van der Waals surface area contributed by atoms with Crippen LogP contribution in [0.3, 0.4) is 0 Å². The molecule has 0 aliphatic rings. The number of imidazole rings is 2. The average Bonchev–Trinajstić information content (AvgIpc) is 3.80. The van der Waals surface area contributed by atoms with Gasteiger partial charge in [0.2, 0.25) is 0 Å². The van der Waals surface area contributed by atoms with Crippen LogP contribution >= 0.6 is 11.3 Å². The molecule has 0 spiro atoms. The summed E-state index contributed by atoms with van der Waals surface area (Å²) in [5, 5.41) is 8.89. The summed E-state index contributed by atoms with van der Waals surface area (Å²) in [4.78, 5) is 9.41. The minimum atomic E-state index is 0. The third-order valence-electron chi connectivity index (χ3n) is 8.29. The summed E-state index contributed by atoms with van der Waals surface area (Å²) in [7, 11) is 0. The van der Waals surface area contributed by atoms with Gasteiger partial charge in [-0.25, -0.2) is 0 Å². The number of aromatic nitrogens is 4. The Hall–Kier alpha value is -4.77. The number of hydrogen-bond donors (Lipinski definition) is 0. The molecule has 10 aromatic rings. The number of nitrogens with zero attached hydrogens (tertiary/aromatic N) is 4. The Morgan fingerprint density at radius 1 is 0.581 bits per heavy atom. The summed E-state index contributed by atoms with van der Waals surface area (Å²) in [6.45, 7) is 0. The Bertz CT molecular complexity index is 2740. The Kier molecular flexibility index (Phi) is 5.25. The standard InChI is InChI=1S/C36H18N4OS.Pt/c1-3-7-30-25(5-1)23-11-9-21(19-28(23)35-37-15-17-39(30)35)41-22-10-12-24-26-13-14-32-33(27-6-2-4-8-31(27)42-32)34(26)40-18-16-38-36(40)29(24)20-22;/h1-18H;/q-2;+2. The van der Waals surface area contributed by atoms with Gasteiger partial charge in [-0.3, -0.25) is 9.97 Å². The summed E-state index contributed by atoms with van der Waals surface area (Å²) in [6, 6.07) is 36.6. The smallest absolute Gasteiger partial charge is 0.497 e. The molecule has 0 bridgehead atoms. The molecule has 0 N–H and O–H groups in total. The summed E-state index contributed by atoms with van der Waals surface area (Å²) in [5.41, 5.74) is 4.00. The van der Waals surface area contributed by atoms with Gasteiger partial charge in [-0.2, -0.15) is 0 Å². The van der Waals surface area contributed by atoms with Crippen molar-refractivity contribution >= 4 is 86.2 Å². The first kappa shape index (κ1) is 24.8. The molecule has 0 aliphatic heterocycles. The van der Waals surface area contributed by atoms with Crippen LogP contribution < -0.4 is 4.74 Å². The van der Waals surface area contributed by atoms with Crippen molar-refractivity contribution in [1.29, 1.82) is 0 Å². The molecular formula is C36H18N4OPtS. The zero-order valence-corrected chi connectivity index (χ0v) is 25.4. The molecule has 0 unspecified atom stereocenters. The van der Waals surface area contributed by atoms with Gasteiger partial charge in [0.15, 0.2) is 0 Å². The predicted octanol–water partition coefficient (Wildman–Crippen LogP) is 9.35. The number of para-hydroxylation sites is 1. The first-order valence-electron chi connectivity index (χ1n) is 13.7. The van der Waals surface area contributed by atoms with E-state index in [1.807, 2.05) is 48.3 Å². The van der Waals surface area contributed by atoms with Crippen molar-refractivity contribution < 1.29 is 25.8 Å². The van der Waals surface area contributed by atoms with E-state index in [2.05, 4.69) is 98.7 Å². The Labute approximate surface area is 262 Å². The number of pyridine rings is 2. The topological polar surface area (TPSA) is 43.8 Å². The van der Waals surface area contributed by atoms with Gasteiger partial charge >= 0.3 is 21.1 Å². The van der Waals surface area contributed by atoms with E-state index >= 15 is 0 Å². The summed E-state index contributed by atoms with van der Waals surface area (Å²) < 4.78 is 13.3. The van der Waals surface area contributed by atoms with Gasteiger partial charge in [0, 0.05) is 67.5 Å². The number of thiophene rings is 1. The normalized spacial score (nSPS) is 12.0. The van der Waals surface area contributed by atoms with Crippen molar-refractivity contribution in [2.24, 2.45) is 0 Å². The predicted molar refractivity (Wildman–Crippen MR) is 171 cm³/mol. The third kappa shape index (κ3) is 3.42. The first-order chi connectivity index (χ1) is 20.8. The zero-order valence-electron chi connectivity index (χ0n) is 22.3. The molecule has 0 atom stereocenters. The van der Waals surface area contributed by atoms with Crippen molar-refractivity contribution in [1.82, 2.24) is 18.8 Å². The van der Waals surface area contributed by atoms with Crippen molar-refractivity contribution in [3.63, 3.8) is 0 Å². The van der Waals surface area contributed by atoms with Gasteiger partial charge < -0.3 is 13.5 Å². The maximum absolute atomic E-state index is 6.40. The Balaban J connectivity index is 0.00000260. The van der Waals surface area contributed by atoms with Gasteiger partial charge in [-0.05, 0) is 29.0 Å². The zero-order chi connectivity index (χ0) is 27.4. The molecular weight excluding hydrogens is 732 g/mol. The second-order valence-corrected chi connectivity index (χ2v) is 11.6. The van der Waals surface area contributed by atoms with Crippen LogP contribution in [0.4, 0.5) is 0 Å². The van der Waals surface area contributed by atoms with Crippen LogP contribution in [-0.4, -0.2) is 18.8 Å². The number of fused-ring (bicyclic) bond motifs is 16. The van der Waals surface area contributed by atoms with E-state index in [1.54, 1.807) is 0 Å². The van der Waals surface area contributed by atoms with Crippen molar-refractivity contribution in [2.45, 2.75) is 0 Å². The summed E-state index contributed by atoms with van der Waals surface area (Å²) in [6.07, 6.45) is 7.72. The molecule has 10 rings (SSSR count). The average molecular weight is 750 g/mol. The molecule has 0 radical (unpaired) electrons. The molecule has 5 aromatic carbocycles. The number of ether oxygens (including phenoxy) is 1. The van der Waals surface area contributed by atoms with Gasteiger partial charge in [0.1, 0.15) is 0 Å². The van der Waals surface area contributed by atoms with Crippen molar-refractivity contribution in [2.75, 3.05) is 0 Å². The maximum Gasteiger partial charge on any atom is 2.00 e. The Morgan fingerprint density at radius 2 is 1.21 bits per heavy atom. The van der Waals surface area contributed by atoms with E-state index < -0.39 is 0 Å². The first-order valence-corrected chi connectivity index (χ1v) is 14.6. The fraction of sp³-hybridized carbons (Fsp3) is 0. The van der Waals surface area contributed by atoms with E-state index in [-0.39, 0.29) is 21.1 Å². The summed E-state index contributed by atoms with van der Waals surface area (Å²) in [5.74, 6) is 1.23. The van der Waals surface area contributed by atoms with Gasteiger partial charge in [0.25, 0.3) is 0 Å². The molecule has 5 aromatic heterocycles. The molecule has 0 saturated carbocycles. The van der Waals surface area contributed by atoms with E-state index in [9.17, 15) is 0 Å². The molecule has 7 heteroatoms. The molecule has 43 heavy (non-hydrogen) atoms. The fourth-order valence-corrected chi connectivity index (χ4v) is 7.63. The van der Waals surface area contributed by atoms with Gasteiger partial charge in [-0.1, -0.05) is 88.3 Å². The number of rotatable bonds is 2. The van der Waals surface area contributed by atoms with E-state index in [0.29, 0.717) is 11.5 Å². The minimum absolute atomic E-state index is 0. The van der Waals surface area contributed by atoms with E-state index in [1.165, 1.54) is 31.1 Å². The largest absolute Gasteiger partial charge is 2.00 e. The van der Waals surface area contributed by atoms with Gasteiger partial charge in [0.05, 0.1) is 11.3 Å². The van der Waals surface area contributed by atoms with Crippen LogP contribution in [0.5, 0.6) is 11.5 Å². The molecule has 204 valence electrons. The van der Waals surface area contributed by atoms with Crippen LogP contribution in [-0.2, 0) is 21.1 Å². The molecule has 0 amide bonds. The van der Waals surface area contributed by atoms with Gasteiger partial charge in [-0.15, -0.1) is 23.5 Å². The Morgan fingerprint density at radius 3 is 2.00 bits per heavy atom. The van der Waals surface area contributed by atoms with Crippen LogP contribution in [0.25, 0.3) is 74.8 Å². The fourth-order valence-electron chi connectivity index (χ4n) is 6.52. The SMILES string of the molecule is [Pt+2].[c-]1c(Oc2[c-]c3c(cc2)c2ccc4sc5ccccc5c4c2n2ccnc32)ccc2c1c1nccn1c1ccccc21. The molecule has 5 nitrogen and oxygen atoms in total. The quantitative estimate of drug-likeness (QED) is 0.131. The second kappa shape index (κ2) is 9.11. The van der Waals surface area contributed by atoms with Crippen LogP contribution in [0, 0.1) is 12.1 Å². The van der Waals surface area contributed by atoms with Crippen LogP contribution in [0.15, 0.2) is 110 Å². The molecule has 0 aliphatic carbocycles. The number of benzene rings is 5. The monoisotopic (exact) mass is 749 g/mol. The second-order valence-electron chi connectivity index (χ2n) is 10.5. The van der Waals surface area contributed by atoms with E-state index in [0.717, 1.165) is 43.7 Å². The van der Waals surface area contributed by atoms with Crippen LogP contribution in [0.2, 0.25) is 0 Å². The summed E-state index contributed by atoms with van der Waals surface area (Å²) >= 11 is 1.83. The van der Waals surface area contributed by atoms with Crippen molar-refractivity contribution in [3.05, 3.63) is 122 Å².